The minimum Gasteiger partial charge on any atom is -0.355 e. The van der Waals surface area contributed by atoms with Crippen LogP contribution < -0.4 is 10.6 Å². The first-order chi connectivity index (χ1) is 11.2. The Morgan fingerprint density at radius 1 is 1.17 bits per heavy atom. The third-order valence-electron chi connectivity index (χ3n) is 5.60. The van der Waals surface area contributed by atoms with E-state index in [0.29, 0.717) is 5.92 Å². The largest absolute Gasteiger partial charge is 0.355 e. The molecule has 1 aromatic heterocycles. The monoisotopic (exact) mass is 314 g/mol. The molecule has 2 aliphatic heterocycles. The molecule has 0 spiro atoms. The predicted octanol–water partition coefficient (Wildman–Crippen LogP) is 1.88. The van der Waals surface area contributed by atoms with Gasteiger partial charge in [-0.25, -0.2) is 4.98 Å². The Balaban J connectivity index is 1.48. The van der Waals surface area contributed by atoms with E-state index in [1.807, 2.05) is 17.0 Å². The normalized spacial score (nSPS) is 28.2. The van der Waals surface area contributed by atoms with Gasteiger partial charge >= 0.3 is 0 Å². The molecular formula is C18H26N4O. The minimum absolute atomic E-state index is 0.149. The van der Waals surface area contributed by atoms with Crippen LogP contribution in [-0.2, 0) is 0 Å². The quantitative estimate of drug-likeness (QED) is 0.925. The number of aromatic nitrogens is 1. The number of hydrogen-bond acceptors (Lipinski definition) is 4. The van der Waals surface area contributed by atoms with E-state index in [4.69, 9.17) is 5.73 Å². The van der Waals surface area contributed by atoms with Crippen LogP contribution in [0.15, 0.2) is 18.3 Å². The summed E-state index contributed by atoms with van der Waals surface area (Å²) in [5, 5.41) is 0. The van der Waals surface area contributed by atoms with Gasteiger partial charge in [0.05, 0.1) is 0 Å². The number of carbonyl (C=O) groups is 1. The zero-order chi connectivity index (χ0) is 15.8. The summed E-state index contributed by atoms with van der Waals surface area (Å²) in [6, 6.07) is 4.04. The summed E-state index contributed by atoms with van der Waals surface area (Å²) in [6.07, 6.45) is 7.89. The van der Waals surface area contributed by atoms with E-state index in [-0.39, 0.29) is 11.9 Å². The number of nitrogens with zero attached hydrogens (tertiary/aromatic N) is 3. The lowest BCUT2D eigenvalue weighted by Crippen LogP contribution is -2.35. The van der Waals surface area contributed by atoms with Crippen LogP contribution >= 0.6 is 0 Å². The number of carbonyl (C=O) groups excluding carboxylic acids is 1. The van der Waals surface area contributed by atoms with Crippen LogP contribution in [0.1, 0.15) is 42.5 Å². The molecule has 4 rings (SSSR count). The van der Waals surface area contributed by atoms with Crippen molar-refractivity contribution >= 4 is 11.7 Å². The maximum atomic E-state index is 12.7. The molecule has 0 bridgehead atoms. The predicted molar refractivity (Wildman–Crippen MR) is 90.4 cm³/mol. The third kappa shape index (κ3) is 3.07. The van der Waals surface area contributed by atoms with Gasteiger partial charge in [0, 0.05) is 44.0 Å². The van der Waals surface area contributed by atoms with Crippen molar-refractivity contribution in [2.45, 2.75) is 38.1 Å². The summed E-state index contributed by atoms with van der Waals surface area (Å²) in [5.74, 6) is 2.47. The fourth-order valence-electron chi connectivity index (χ4n) is 4.07. The van der Waals surface area contributed by atoms with Crippen molar-refractivity contribution in [3.05, 3.63) is 23.9 Å². The van der Waals surface area contributed by atoms with Gasteiger partial charge in [0.15, 0.2) is 0 Å². The van der Waals surface area contributed by atoms with Crippen LogP contribution in [0, 0.1) is 11.8 Å². The van der Waals surface area contributed by atoms with Gasteiger partial charge in [-0.1, -0.05) is 0 Å². The molecule has 23 heavy (non-hydrogen) atoms. The summed E-state index contributed by atoms with van der Waals surface area (Å²) < 4.78 is 0. The molecule has 3 aliphatic rings. The van der Waals surface area contributed by atoms with Crippen LogP contribution in [0.4, 0.5) is 5.82 Å². The van der Waals surface area contributed by atoms with Crippen molar-refractivity contribution in [2.24, 2.45) is 17.6 Å². The number of hydrogen-bond donors (Lipinski definition) is 1. The van der Waals surface area contributed by atoms with E-state index in [1.54, 1.807) is 6.20 Å². The van der Waals surface area contributed by atoms with Crippen LogP contribution in [0.2, 0.25) is 0 Å². The first-order valence-electron chi connectivity index (χ1n) is 8.98. The molecule has 2 atom stereocenters. The molecule has 0 radical (unpaired) electrons. The number of piperidine rings is 1. The van der Waals surface area contributed by atoms with Gasteiger partial charge in [-0.3, -0.25) is 4.79 Å². The third-order valence-corrected chi connectivity index (χ3v) is 5.60. The summed E-state index contributed by atoms with van der Waals surface area (Å²) in [4.78, 5) is 21.4. The van der Waals surface area contributed by atoms with Crippen LogP contribution in [0.25, 0.3) is 0 Å². The molecule has 3 fully saturated rings. The van der Waals surface area contributed by atoms with E-state index in [1.165, 1.54) is 19.3 Å². The van der Waals surface area contributed by atoms with Crippen molar-refractivity contribution in [2.75, 3.05) is 31.1 Å². The maximum absolute atomic E-state index is 12.7. The van der Waals surface area contributed by atoms with Gasteiger partial charge in [-0.2, -0.15) is 0 Å². The summed E-state index contributed by atoms with van der Waals surface area (Å²) in [5.41, 5.74) is 7.08. The van der Waals surface area contributed by atoms with Crippen LogP contribution in [-0.4, -0.2) is 48.0 Å². The van der Waals surface area contributed by atoms with E-state index in [2.05, 4.69) is 9.88 Å². The summed E-state index contributed by atoms with van der Waals surface area (Å²) in [7, 11) is 0. The lowest BCUT2D eigenvalue weighted by molar-refractivity contribution is 0.0724. The molecule has 5 nitrogen and oxygen atoms in total. The van der Waals surface area contributed by atoms with E-state index in [9.17, 15) is 4.79 Å². The Bertz CT molecular complexity index is 580. The zero-order valence-corrected chi connectivity index (χ0v) is 13.7. The number of anilines is 1. The first kappa shape index (κ1) is 14.9. The molecular weight excluding hydrogens is 288 g/mol. The van der Waals surface area contributed by atoms with E-state index in [0.717, 1.165) is 56.3 Å². The zero-order valence-electron chi connectivity index (χ0n) is 13.7. The van der Waals surface area contributed by atoms with Crippen molar-refractivity contribution in [1.82, 2.24) is 9.88 Å². The number of rotatable bonds is 3. The topological polar surface area (TPSA) is 62.5 Å². The second kappa shape index (κ2) is 6.11. The molecule has 0 aromatic carbocycles. The minimum atomic E-state index is 0.149. The molecule has 1 amide bonds. The molecule has 1 aliphatic carbocycles. The number of amides is 1. The maximum Gasteiger partial charge on any atom is 0.254 e. The summed E-state index contributed by atoms with van der Waals surface area (Å²) in [6.45, 7) is 3.61. The first-order valence-corrected chi connectivity index (χ1v) is 8.98. The Kier molecular flexibility index (Phi) is 3.97. The highest BCUT2D eigenvalue weighted by molar-refractivity contribution is 5.94. The average Bonchev–Trinajstić information content (AvgIpc) is 3.37. The Morgan fingerprint density at radius 3 is 2.70 bits per heavy atom. The number of pyridine rings is 1. The van der Waals surface area contributed by atoms with Crippen molar-refractivity contribution in [3.8, 4) is 0 Å². The van der Waals surface area contributed by atoms with Crippen LogP contribution in [0.3, 0.4) is 0 Å². The highest BCUT2D eigenvalue weighted by atomic mass is 16.2. The second-order valence-electron chi connectivity index (χ2n) is 7.33. The fraction of sp³-hybridized carbons (Fsp3) is 0.667. The second-order valence-corrected chi connectivity index (χ2v) is 7.33. The molecule has 5 heteroatoms. The lowest BCUT2D eigenvalue weighted by Gasteiger charge is -2.27. The molecule has 2 saturated heterocycles. The smallest absolute Gasteiger partial charge is 0.254 e. The van der Waals surface area contributed by atoms with E-state index < -0.39 is 0 Å². The summed E-state index contributed by atoms with van der Waals surface area (Å²) >= 11 is 0. The Morgan fingerprint density at radius 2 is 1.96 bits per heavy atom. The van der Waals surface area contributed by atoms with Crippen molar-refractivity contribution in [1.29, 1.82) is 0 Å². The molecule has 1 saturated carbocycles. The lowest BCUT2D eigenvalue weighted by atomic mass is 9.99. The molecule has 2 N–H and O–H groups in total. The molecule has 3 heterocycles. The van der Waals surface area contributed by atoms with Crippen LogP contribution in [0.5, 0.6) is 0 Å². The van der Waals surface area contributed by atoms with Gasteiger partial charge < -0.3 is 15.5 Å². The average molecular weight is 314 g/mol. The van der Waals surface area contributed by atoms with Gasteiger partial charge in [0.2, 0.25) is 0 Å². The van der Waals surface area contributed by atoms with Gasteiger partial charge in [-0.15, -0.1) is 0 Å². The fourth-order valence-corrected chi connectivity index (χ4v) is 4.07. The van der Waals surface area contributed by atoms with Crippen molar-refractivity contribution < 1.29 is 4.79 Å². The SMILES string of the molecule is N[C@H]1CN(c2cc(C(=O)N3CCCCC3)ccn2)C[C@@H]1C1CC1. The highest BCUT2D eigenvalue weighted by Gasteiger charge is 2.41. The van der Waals surface area contributed by atoms with Gasteiger partial charge in [0.1, 0.15) is 5.82 Å². The molecule has 0 unspecified atom stereocenters. The number of likely N-dealkylation sites (tertiary alicyclic amines) is 1. The Labute approximate surface area is 137 Å². The van der Waals surface area contributed by atoms with E-state index >= 15 is 0 Å². The molecule has 1 aromatic rings. The highest BCUT2D eigenvalue weighted by Crippen LogP contribution is 2.41. The van der Waals surface area contributed by atoms with Gasteiger partial charge in [-0.05, 0) is 56.1 Å². The number of nitrogens with two attached hydrogens (primary N) is 1. The Hall–Kier alpha value is -1.62. The molecule has 124 valence electrons. The van der Waals surface area contributed by atoms with Gasteiger partial charge in [0.25, 0.3) is 5.91 Å². The van der Waals surface area contributed by atoms with Crippen molar-refractivity contribution in [3.63, 3.8) is 0 Å². The standard InChI is InChI=1S/C18H26N4O/c19-16-12-22(11-15(16)13-4-5-13)17-10-14(6-7-20-17)18(23)21-8-2-1-3-9-21/h6-7,10,13,15-16H,1-5,8-9,11-12,19H2/t15-,16+/m1/s1.